The zero-order chi connectivity index (χ0) is 26.6. The van der Waals surface area contributed by atoms with Crippen molar-refractivity contribution in [2.24, 2.45) is 0 Å². The summed E-state index contributed by atoms with van der Waals surface area (Å²) in [6.45, 7) is 7.52. The Kier molecular flexibility index (Phi) is 7.99. The van der Waals surface area contributed by atoms with E-state index in [1.165, 1.54) is 30.9 Å². The van der Waals surface area contributed by atoms with Crippen molar-refractivity contribution in [1.82, 2.24) is 19.8 Å². The number of nitrogens with zero attached hydrogens (tertiary/aromatic N) is 3. The van der Waals surface area contributed by atoms with Crippen LogP contribution in [0, 0.1) is 0 Å². The van der Waals surface area contributed by atoms with Crippen molar-refractivity contribution < 1.29 is 22.5 Å². The van der Waals surface area contributed by atoms with Gasteiger partial charge in [0, 0.05) is 18.7 Å². The van der Waals surface area contributed by atoms with Gasteiger partial charge in [0.15, 0.2) is 0 Å². The smallest absolute Gasteiger partial charge is 0.257 e. The van der Waals surface area contributed by atoms with Crippen molar-refractivity contribution in [2.45, 2.75) is 63.3 Å². The van der Waals surface area contributed by atoms with Crippen molar-refractivity contribution in [3.63, 3.8) is 0 Å². The SMILES string of the molecule is COc1ccc(S(=O)(=O)NCc2nc(-c3ccc(C(C)(C)C)cc3)no2)cc1C(=O)N1CCCCCC1. The molecular weight excluding hydrogens is 492 g/mol. The highest BCUT2D eigenvalue weighted by Crippen LogP contribution is 2.27. The third-order valence-corrected chi connectivity index (χ3v) is 7.89. The first-order valence-electron chi connectivity index (χ1n) is 12.5. The summed E-state index contributed by atoms with van der Waals surface area (Å²) in [5.41, 5.74) is 2.21. The molecule has 10 heteroatoms. The predicted molar refractivity (Wildman–Crippen MR) is 140 cm³/mol. The Morgan fingerprint density at radius 2 is 1.73 bits per heavy atom. The fraction of sp³-hybridized carbons (Fsp3) is 0.444. The average molecular weight is 527 g/mol. The third kappa shape index (κ3) is 6.37. The Balaban J connectivity index is 1.48. The number of hydrogen-bond acceptors (Lipinski definition) is 7. The van der Waals surface area contributed by atoms with Gasteiger partial charge in [0.1, 0.15) is 5.75 Å². The van der Waals surface area contributed by atoms with E-state index < -0.39 is 10.0 Å². The lowest BCUT2D eigenvalue weighted by atomic mass is 9.87. The number of carbonyl (C=O) groups excluding carboxylic acids is 1. The molecule has 1 saturated heterocycles. The van der Waals surface area contributed by atoms with Crippen LogP contribution in [0.2, 0.25) is 0 Å². The minimum Gasteiger partial charge on any atom is -0.496 e. The molecule has 1 fully saturated rings. The normalized spacial score (nSPS) is 14.9. The molecule has 1 aliphatic rings. The quantitative estimate of drug-likeness (QED) is 0.481. The maximum absolute atomic E-state index is 13.2. The predicted octanol–water partition coefficient (Wildman–Crippen LogP) is 4.54. The first-order chi connectivity index (χ1) is 17.6. The van der Waals surface area contributed by atoms with Crippen LogP contribution < -0.4 is 9.46 Å². The second kappa shape index (κ2) is 11.0. The zero-order valence-electron chi connectivity index (χ0n) is 21.8. The first-order valence-corrected chi connectivity index (χ1v) is 14.0. The first kappa shape index (κ1) is 26.8. The van der Waals surface area contributed by atoms with Gasteiger partial charge in [-0.25, -0.2) is 13.1 Å². The Morgan fingerprint density at radius 3 is 2.35 bits per heavy atom. The van der Waals surface area contributed by atoms with E-state index in [0.29, 0.717) is 24.7 Å². The van der Waals surface area contributed by atoms with Crippen LogP contribution in [0.15, 0.2) is 51.9 Å². The van der Waals surface area contributed by atoms with E-state index in [0.717, 1.165) is 31.2 Å². The van der Waals surface area contributed by atoms with Gasteiger partial charge in [-0.15, -0.1) is 0 Å². The summed E-state index contributed by atoms with van der Waals surface area (Å²) in [6.07, 6.45) is 4.03. The Morgan fingerprint density at radius 1 is 1.05 bits per heavy atom. The molecule has 9 nitrogen and oxygen atoms in total. The number of nitrogens with one attached hydrogen (secondary N) is 1. The highest BCUT2D eigenvalue weighted by atomic mass is 32.2. The topological polar surface area (TPSA) is 115 Å². The molecule has 3 aromatic rings. The van der Waals surface area contributed by atoms with Gasteiger partial charge in [-0.05, 0) is 42.0 Å². The number of benzene rings is 2. The fourth-order valence-electron chi connectivity index (χ4n) is 4.27. The molecule has 4 rings (SSSR count). The molecular formula is C27H34N4O5S. The summed E-state index contributed by atoms with van der Waals surface area (Å²) in [4.78, 5) is 19.3. The number of sulfonamides is 1. The Bertz CT molecular complexity index is 1340. The molecule has 1 aromatic heterocycles. The molecule has 1 N–H and O–H groups in total. The molecule has 198 valence electrons. The summed E-state index contributed by atoms with van der Waals surface area (Å²) in [7, 11) is -2.50. The molecule has 1 amide bonds. The molecule has 0 unspecified atom stereocenters. The van der Waals surface area contributed by atoms with Gasteiger partial charge >= 0.3 is 0 Å². The molecule has 0 aliphatic carbocycles. The standard InChI is InChI=1S/C27H34N4O5S/c1-27(2,3)20-11-9-19(10-12-20)25-29-24(36-30-25)18-28-37(33,34)21-13-14-23(35-4)22(17-21)26(32)31-15-7-5-6-8-16-31/h9-14,17,28H,5-8,15-16,18H2,1-4H3. The van der Waals surface area contributed by atoms with Gasteiger partial charge in [-0.2, -0.15) is 4.98 Å². The van der Waals surface area contributed by atoms with Gasteiger partial charge in [0.05, 0.1) is 24.1 Å². The second-order valence-corrected chi connectivity index (χ2v) is 12.0. The number of methoxy groups -OCH3 is 1. The average Bonchev–Trinajstić information content (AvgIpc) is 3.19. The van der Waals surface area contributed by atoms with Crippen molar-refractivity contribution in [1.29, 1.82) is 0 Å². The van der Waals surface area contributed by atoms with E-state index in [1.807, 2.05) is 24.3 Å². The zero-order valence-corrected chi connectivity index (χ0v) is 22.6. The number of hydrogen-bond donors (Lipinski definition) is 1. The summed E-state index contributed by atoms with van der Waals surface area (Å²) in [6, 6.07) is 12.1. The molecule has 0 bridgehead atoms. The van der Waals surface area contributed by atoms with Crippen LogP contribution in [-0.2, 0) is 22.0 Å². The summed E-state index contributed by atoms with van der Waals surface area (Å²) in [5, 5.41) is 3.98. The van der Waals surface area contributed by atoms with Crippen molar-refractivity contribution >= 4 is 15.9 Å². The van der Waals surface area contributed by atoms with Crippen molar-refractivity contribution in [3.8, 4) is 17.1 Å². The number of carbonyl (C=O) groups is 1. The van der Waals surface area contributed by atoms with Gasteiger partial charge in [0.25, 0.3) is 5.91 Å². The maximum Gasteiger partial charge on any atom is 0.257 e. The van der Waals surface area contributed by atoms with Gasteiger partial charge in [-0.1, -0.05) is 63.0 Å². The van der Waals surface area contributed by atoms with Crippen LogP contribution in [-0.4, -0.2) is 49.6 Å². The van der Waals surface area contributed by atoms with E-state index in [-0.39, 0.29) is 34.2 Å². The third-order valence-electron chi connectivity index (χ3n) is 6.50. The Hall–Kier alpha value is -3.24. The Labute approximate surface area is 218 Å². The molecule has 0 saturated carbocycles. The number of ether oxygens (including phenoxy) is 1. The lowest BCUT2D eigenvalue weighted by Gasteiger charge is -2.22. The fourth-order valence-corrected chi connectivity index (χ4v) is 5.27. The highest BCUT2D eigenvalue weighted by Gasteiger charge is 2.24. The largest absolute Gasteiger partial charge is 0.496 e. The van der Waals surface area contributed by atoms with Gasteiger partial charge < -0.3 is 14.2 Å². The molecule has 2 aromatic carbocycles. The van der Waals surface area contributed by atoms with E-state index >= 15 is 0 Å². The summed E-state index contributed by atoms with van der Waals surface area (Å²) < 4.78 is 39.2. The van der Waals surface area contributed by atoms with Crippen LogP contribution in [0.1, 0.15) is 68.3 Å². The second-order valence-electron chi connectivity index (χ2n) is 10.2. The van der Waals surface area contributed by atoms with Crippen molar-refractivity contribution in [2.75, 3.05) is 20.2 Å². The molecule has 0 radical (unpaired) electrons. The lowest BCUT2D eigenvalue weighted by molar-refractivity contribution is 0.0758. The molecule has 0 atom stereocenters. The lowest BCUT2D eigenvalue weighted by Crippen LogP contribution is -2.32. The van der Waals surface area contributed by atoms with Crippen LogP contribution in [0.4, 0.5) is 0 Å². The summed E-state index contributed by atoms with van der Waals surface area (Å²) in [5.74, 6) is 0.624. The monoisotopic (exact) mass is 526 g/mol. The minimum absolute atomic E-state index is 0.0260. The van der Waals surface area contributed by atoms with E-state index in [4.69, 9.17) is 9.26 Å². The minimum atomic E-state index is -3.96. The molecule has 37 heavy (non-hydrogen) atoms. The van der Waals surface area contributed by atoms with Crippen LogP contribution in [0.25, 0.3) is 11.4 Å². The van der Waals surface area contributed by atoms with Gasteiger partial charge in [0.2, 0.25) is 21.7 Å². The highest BCUT2D eigenvalue weighted by molar-refractivity contribution is 7.89. The number of likely N-dealkylation sites (tertiary alicyclic amines) is 1. The molecule has 2 heterocycles. The number of aromatic nitrogens is 2. The van der Waals surface area contributed by atoms with Crippen LogP contribution >= 0.6 is 0 Å². The van der Waals surface area contributed by atoms with Crippen molar-refractivity contribution in [3.05, 3.63) is 59.5 Å². The van der Waals surface area contributed by atoms with E-state index in [9.17, 15) is 13.2 Å². The van der Waals surface area contributed by atoms with E-state index in [1.54, 1.807) is 4.90 Å². The van der Waals surface area contributed by atoms with Crippen LogP contribution in [0.3, 0.4) is 0 Å². The van der Waals surface area contributed by atoms with Crippen LogP contribution in [0.5, 0.6) is 5.75 Å². The molecule has 0 spiro atoms. The molecule has 1 aliphatic heterocycles. The number of amides is 1. The van der Waals surface area contributed by atoms with E-state index in [2.05, 4.69) is 35.6 Å². The summed E-state index contributed by atoms with van der Waals surface area (Å²) >= 11 is 0. The maximum atomic E-state index is 13.2. The van der Waals surface area contributed by atoms with Gasteiger partial charge in [-0.3, -0.25) is 4.79 Å². The number of rotatable bonds is 7.